The SMILES string of the molecule is O=C(NN1CCCCC1)c1ccc2c(ccn2COc2ccccc2)c1. The minimum absolute atomic E-state index is 0.0397. The Balaban J connectivity index is 1.45. The molecule has 1 saturated heterocycles. The summed E-state index contributed by atoms with van der Waals surface area (Å²) in [5.41, 5.74) is 4.75. The van der Waals surface area contributed by atoms with Crippen LogP contribution in [0.15, 0.2) is 60.8 Å². The molecule has 2 aromatic carbocycles. The van der Waals surface area contributed by atoms with Crippen LogP contribution in [-0.4, -0.2) is 28.6 Å². The summed E-state index contributed by atoms with van der Waals surface area (Å²) in [4.78, 5) is 12.5. The molecule has 1 N–H and O–H groups in total. The number of hydrogen-bond acceptors (Lipinski definition) is 3. The van der Waals surface area contributed by atoms with Crippen molar-refractivity contribution in [2.75, 3.05) is 13.1 Å². The fraction of sp³-hybridized carbons (Fsp3) is 0.286. The van der Waals surface area contributed by atoms with Gasteiger partial charge >= 0.3 is 0 Å². The van der Waals surface area contributed by atoms with Crippen LogP contribution in [0.4, 0.5) is 0 Å². The van der Waals surface area contributed by atoms with Gasteiger partial charge in [-0.3, -0.25) is 10.2 Å². The summed E-state index contributed by atoms with van der Waals surface area (Å²) in [5.74, 6) is 0.800. The highest BCUT2D eigenvalue weighted by Gasteiger charge is 2.14. The molecule has 26 heavy (non-hydrogen) atoms. The Morgan fingerprint density at radius 3 is 2.62 bits per heavy atom. The van der Waals surface area contributed by atoms with Crippen LogP contribution in [-0.2, 0) is 6.73 Å². The van der Waals surface area contributed by atoms with Crippen molar-refractivity contribution < 1.29 is 9.53 Å². The number of hydrogen-bond donors (Lipinski definition) is 1. The number of para-hydroxylation sites is 1. The van der Waals surface area contributed by atoms with Gasteiger partial charge in [0.25, 0.3) is 5.91 Å². The molecule has 1 aliphatic heterocycles. The summed E-state index contributed by atoms with van der Waals surface area (Å²) in [6.45, 7) is 2.30. The second kappa shape index (κ2) is 7.62. The van der Waals surface area contributed by atoms with Crippen LogP contribution in [0.3, 0.4) is 0 Å². The van der Waals surface area contributed by atoms with E-state index in [2.05, 4.69) is 5.43 Å². The Morgan fingerprint density at radius 2 is 1.81 bits per heavy atom. The van der Waals surface area contributed by atoms with Gasteiger partial charge in [0, 0.05) is 30.2 Å². The molecule has 0 bridgehead atoms. The molecular weight excluding hydrogens is 326 g/mol. The van der Waals surface area contributed by atoms with E-state index in [0.29, 0.717) is 12.3 Å². The molecule has 5 heteroatoms. The molecule has 0 spiro atoms. The summed E-state index contributed by atoms with van der Waals surface area (Å²) < 4.78 is 7.85. The average molecular weight is 349 g/mol. The predicted molar refractivity (Wildman–Crippen MR) is 102 cm³/mol. The van der Waals surface area contributed by atoms with Gasteiger partial charge in [0.1, 0.15) is 5.75 Å². The van der Waals surface area contributed by atoms with Gasteiger partial charge in [-0.05, 0) is 49.2 Å². The van der Waals surface area contributed by atoms with Crippen LogP contribution in [0.25, 0.3) is 10.9 Å². The van der Waals surface area contributed by atoms with Crippen molar-refractivity contribution in [2.24, 2.45) is 0 Å². The van der Waals surface area contributed by atoms with Crippen LogP contribution in [0.1, 0.15) is 29.6 Å². The quantitative estimate of drug-likeness (QED) is 0.762. The fourth-order valence-electron chi connectivity index (χ4n) is 3.33. The number of hydrazine groups is 1. The van der Waals surface area contributed by atoms with E-state index in [1.165, 1.54) is 6.42 Å². The minimum Gasteiger partial charge on any atom is -0.473 e. The highest BCUT2D eigenvalue weighted by atomic mass is 16.5. The van der Waals surface area contributed by atoms with E-state index >= 15 is 0 Å². The number of amides is 1. The molecular formula is C21H23N3O2. The van der Waals surface area contributed by atoms with Crippen LogP contribution >= 0.6 is 0 Å². The molecule has 134 valence electrons. The molecule has 0 radical (unpaired) electrons. The second-order valence-electron chi connectivity index (χ2n) is 6.63. The van der Waals surface area contributed by atoms with Crippen molar-refractivity contribution in [2.45, 2.75) is 26.0 Å². The van der Waals surface area contributed by atoms with Crippen molar-refractivity contribution >= 4 is 16.8 Å². The number of carbonyl (C=O) groups excluding carboxylic acids is 1. The maximum atomic E-state index is 12.5. The Kier molecular flexibility index (Phi) is 4.88. The molecule has 0 saturated carbocycles. The second-order valence-corrected chi connectivity index (χ2v) is 6.63. The van der Waals surface area contributed by atoms with Crippen LogP contribution in [0, 0.1) is 0 Å². The molecule has 1 aliphatic rings. The lowest BCUT2D eigenvalue weighted by Crippen LogP contribution is -2.45. The first-order chi connectivity index (χ1) is 12.8. The number of carbonyl (C=O) groups is 1. The van der Waals surface area contributed by atoms with Gasteiger partial charge in [-0.25, -0.2) is 5.01 Å². The molecule has 2 heterocycles. The summed E-state index contributed by atoms with van der Waals surface area (Å²) in [6, 6.07) is 17.6. The highest BCUT2D eigenvalue weighted by molar-refractivity contribution is 5.97. The topological polar surface area (TPSA) is 46.5 Å². The van der Waals surface area contributed by atoms with Gasteiger partial charge in [-0.2, -0.15) is 0 Å². The van der Waals surface area contributed by atoms with E-state index in [9.17, 15) is 4.79 Å². The van der Waals surface area contributed by atoms with Gasteiger partial charge in [-0.15, -0.1) is 0 Å². The van der Waals surface area contributed by atoms with Crippen molar-refractivity contribution in [3.8, 4) is 5.75 Å². The monoisotopic (exact) mass is 349 g/mol. The lowest BCUT2D eigenvalue weighted by atomic mass is 10.1. The average Bonchev–Trinajstić information content (AvgIpc) is 3.10. The lowest BCUT2D eigenvalue weighted by Gasteiger charge is -2.26. The predicted octanol–water partition coefficient (Wildman–Crippen LogP) is 3.81. The standard InChI is InChI=1S/C21H23N3O2/c25-21(22-24-12-5-2-6-13-24)18-9-10-20-17(15-18)11-14-23(20)16-26-19-7-3-1-4-8-19/h1,3-4,7-11,14-15H,2,5-6,12-13,16H2,(H,22,25). The van der Waals surface area contributed by atoms with E-state index in [0.717, 1.165) is 42.6 Å². The first-order valence-electron chi connectivity index (χ1n) is 9.12. The summed E-state index contributed by atoms with van der Waals surface area (Å²) in [6.07, 6.45) is 5.52. The number of nitrogens with zero attached hydrogens (tertiary/aromatic N) is 2. The zero-order valence-corrected chi connectivity index (χ0v) is 14.7. The van der Waals surface area contributed by atoms with E-state index in [1.807, 2.05) is 70.4 Å². The first kappa shape index (κ1) is 16.7. The molecule has 5 nitrogen and oxygen atoms in total. The van der Waals surface area contributed by atoms with Gasteiger partial charge in [0.15, 0.2) is 6.73 Å². The fourth-order valence-corrected chi connectivity index (χ4v) is 3.33. The largest absolute Gasteiger partial charge is 0.473 e. The van der Waals surface area contributed by atoms with Crippen LogP contribution in [0.2, 0.25) is 0 Å². The van der Waals surface area contributed by atoms with Crippen molar-refractivity contribution in [3.63, 3.8) is 0 Å². The first-order valence-corrected chi connectivity index (χ1v) is 9.12. The normalized spacial score (nSPS) is 15.1. The number of nitrogens with one attached hydrogen (secondary N) is 1. The number of benzene rings is 2. The number of piperidine rings is 1. The van der Waals surface area contributed by atoms with E-state index in [1.54, 1.807) is 0 Å². The van der Waals surface area contributed by atoms with Gasteiger partial charge in [-0.1, -0.05) is 24.6 Å². The summed E-state index contributed by atoms with van der Waals surface area (Å²) in [5, 5.41) is 3.06. The van der Waals surface area contributed by atoms with Crippen LogP contribution in [0.5, 0.6) is 5.75 Å². The van der Waals surface area contributed by atoms with E-state index in [-0.39, 0.29) is 5.91 Å². The highest BCUT2D eigenvalue weighted by Crippen LogP contribution is 2.19. The van der Waals surface area contributed by atoms with E-state index in [4.69, 9.17) is 4.74 Å². The minimum atomic E-state index is -0.0397. The van der Waals surface area contributed by atoms with Crippen LogP contribution < -0.4 is 10.2 Å². The van der Waals surface area contributed by atoms with E-state index < -0.39 is 0 Å². The Labute approximate surface area is 153 Å². The molecule has 1 aromatic heterocycles. The van der Waals surface area contributed by atoms with Gasteiger partial charge < -0.3 is 9.30 Å². The molecule has 3 aromatic rings. The Hall–Kier alpha value is -2.79. The zero-order chi connectivity index (χ0) is 17.8. The van der Waals surface area contributed by atoms with Crippen molar-refractivity contribution in [1.29, 1.82) is 0 Å². The molecule has 0 aliphatic carbocycles. The molecule has 4 rings (SSSR count). The summed E-state index contributed by atoms with van der Waals surface area (Å²) in [7, 11) is 0. The molecule has 1 fully saturated rings. The zero-order valence-electron chi connectivity index (χ0n) is 14.7. The Bertz CT molecular complexity index is 883. The number of rotatable bonds is 5. The smallest absolute Gasteiger partial charge is 0.265 e. The maximum Gasteiger partial charge on any atom is 0.265 e. The van der Waals surface area contributed by atoms with Gasteiger partial charge in [0.2, 0.25) is 0 Å². The third-order valence-corrected chi connectivity index (χ3v) is 4.76. The third-order valence-electron chi connectivity index (χ3n) is 4.76. The molecule has 0 unspecified atom stereocenters. The maximum absolute atomic E-state index is 12.5. The molecule has 1 amide bonds. The molecule has 0 atom stereocenters. The van der Waals surface area contributed by atoms with Crippen molar-refractivity contribution in [3.05, 3.63) is 66.4 Å². The van der Waals surface area contributed by atoms with Crippen molar-refractivity contribution in [1.82, 2.24) is 15.0 Å². The Morgan fingerprint density at radius 1 is 1.00 bits per heavy atom. The third kappa shape index (κ3) is 3.73. The summed E-state index contributed by atoms with van der Waals surface area (Å²) >= 11 is 0. The lowest BCUT2D eigenvalue weighted by molar-refractivity contribution is 0.0750. The van der Waals surface area contributed by atoms with Gasteiger partial charge in [0.05, 0.1) is 5.52 Å². The number of aromatic nitrogens is 1. The number of ether oxygens (including phenoxy) is 1. The number of fused-ring (bicyclic) bond motifs is 1.